The van der Waals surface area contributed by atoms with Gasteiger partial charge in [-0.25, -0.2) is 4.98 Å². The molecule has 1 heterocycles. The summed E-state index contributed by atoms with van der Waals surface area (Å²) in [5.41, 5.74) is 6.94. The average molecular weight is 314 g/mol. The Balaban J connectivity index is 2.36. The van der Waals surface area contributed by atoms with Crippen LogP contribution in [-0.4, -0.2) is 22.3 Å². The number of carbonyl (C=O) groups is 1. The minimum atomic E-state index is -1.59. The SMILES string of the molecule is C[S-](=O)=NC(=O)c1cnc(N)c(C#Cc2ccc(O)cc2)c1. The topological polar surface area (TPSA) is 106 Å². The van der Waals surface area contributed by atoms with Crippen LogP contribution >= 0.6 is 0 Å². The summed E-state index contributed by atoms with van der Waals surface area (Å²) >= 11 is 0. The van der Waals surface area contributed by atoms with Crippen LogP contribution in [0.3, 0.4) is 0 Å². The van der Waals surface area contributed by atoms with Crippen molar-refractivity contribution in [1.82, 2.24) is 4.98 Å². The standard InChI is InChI=1S/C15H12N3O3S/c1-22(21)18-15(20)12-8-11(14(16)17-9-12)5-2-10-3-6-13(19)7-4-10/h3-4,6-9,19H,1H3,(H2,16,17)/q-1. The van der Waals surface area contributed by atoms with E-state index in [-0.39, 0.29) is 17.1 Å². The number of rotatable bonds is 1. The lowest BCUT2D eigenvalue weighted by Crippen LogP contribution is -2.01. The Labute approximate surface area is 129 Å². The first-order chi connectivity index (χ1) is 10.5. The van der Waals surface area contributed by atoms with Gasteiger partial charge in [0.05, 0.1) is 11.1 Å². The summed E-state index contributed by atoms with van der Waals surface area (Å²) in [6.07, 6.45) is 2.56. The highest BCUT2D eigenvalue weighted by Gasteiger charge is 2.05. The summed E-state index contributed by atoms with van der Waals surface area (Å²) < 4.78 is 14.4. The molecule has 22 heavy (non-hydrogen) atoms. The fraction of sp³-hybridized carbons (Fsp3) is 0.0667. The third kappa shape index (κ3) is 4.07. The number of hydrogen-bond acceptors (Lipinski definition) is 6. The smallest absolute Gasteiger partial charge is 0.255 e. The summed E-state index contributed by atoms with van der Waals surface area (Å²) in [6.45, 7) is 0. The number of nitrogens with two attached hydrogens (primary N) is 1. The Morgan fingerprint density at radius 2 is 2.00 bits per heavy atom. The van der Waals surface area contributed by atoms with Crippen molar-refractivity contribution in [2.24, 2.45) is 4.36 Å². The van der Waals surface area contributed by atoms with Crippen molar-refractivity contribution in [2.75, 3.05) is 12.0 Å². The van der Waals surface area contributed by atoms with Crippen molar-refractivity contribution in [2.45, 2.75) is 0 Å². The van der Waals surface area contributed by atoms with Crippen molar-refractivity contribution in [3.8, 4) is 17.6 Å². The van der Waals surface area contributed by atoms with Crippen LogP contribution in [0, 0.1) is 11.8 Å². The fourth-order valence-corrected chi connectivity index (χ4v) is 1.89. The number of pyridine rings is 1. The molecule has 0 aliphatic heterocycles. The van der Waals surface area contributed by atoms with E-state index < -0.39 is 16.5 Å². The van der Waals surface area contributed by atoms with Crippen molar-refractivity contribution < 1.29 is 14.1 Å². The van der Waals surface area contributed by atoms with Gasteiger partial charge in [0.15, 0.2) is 0 Å². The quantitative estimate of drug-likeness (QED) is 0.615. The number of anilines is 1. The first-order valence-electron chi connectivity index (χ1n) is 6.12. The van der Waals surface area contributed by atoms with Gasteiger partial charge in [0.25, 0.3) is 5.91 Å². The number of phenolic OH excluding ortho intramolecular Hbond substituents is 1. The molecular weight excluding hydrogens is 302 g/mol. The maximum Gasteiger partial charge on any atom is 0.255 e. The molecule has 0 unspecified atom stereocenters. The van der Waals surface area contributed by atoms with Gasteiger partial charge in [-0.05, 0) is 30.3 Å². The van der Waals surface area contributed by atoms with E-state index in [1.54, 1.807) is 12.1 Å². The molecule has 1 aromatic heterocycles. The first-order valence-corrected chi connectivity index (χ1v) is 7.63. The number of benzene rings is 1. The first kappa shape index (κ1) is 15.5. The third-order valence-corrected chi connectivity index (χ3v) is 3.01. The van der Waals surface area contributed by atoms with E-state index in [9.17, 15) is 14.1 Å². The summed E-state index contributed by atoms with van der Waals surface area (Å²) in [6, 6.07) is 7.78. The van der Waals surface area contributed by atoms with Crippen LogP contribution < -0.4 is 5.73 Å². The number of aromatic nitrogens is 1. The van der Waals surface area contributed by atoms with Crippen molar-refractivity contribution in [1.29, 1.82) is 0 Å². The lowest BCUT2D eigenvalue weighted by Gasteiger charge is -2.01. The van der Waals surface area contributed by atoms with Crippen molar-refractivity contribution in [3.05, 3.63) is 53.2 Å². The Kier molecular flexibility index (Phi) is 4.76. The average Bonchev–Trinajstić information content (AvgIpc) is 2.47. The maximum atomic E-state index is 11.7. The zero-order valence-electron chi connectivity index (χ0n) is 11.6. The maximum absolute atomic E-state index is 11.7. The Morgan fingerprint density at radius 1 is 1.32 bits per heavy atom. The molecule has 2 aromatic rings. The van der Waals surface area contributed by atoms with Gasteiger partial charge < -0.3 is 19.4 Å². The summed E-state index contributed by atoms with van der Waals surface area (Å²) in [5.74, 6) is 5.35. The predicted octanol–water partition coefficient (Wildman–Crippen LogP) is 1.69. The van der Waals surface area contributed by atoms with E-state index in [4.69, 9.17) is 5.73 Å². The molecule has 0 bridgehead atoms. The molecule has 0 spiro atoms. The molecule has 0 fully saturated rings. The molecule has 0 atom stereocenters. The van der Waals surface area contributed by atoms with E-state index in [1.165, 1.54) is 30.7 Å². The third-order valence-electron chi connectivity index (χ3n) is 2.59. The number of amides is 1. The monoisotopic (exact) mass is 314 g/mol. The van der Waals surface area contributed by atoms with Crippen LogP contribution in [0.4, 0.5) is 5.82 Å². The van der Waals surface area contributed by atoms with Crippen LogP contribution in [0.5, 0.6) is 5.75 Å². The predicted molar refractivity (Wildman–Crippen MR) is 83.5 cm³/mol. The highest BCUT2D eigenvalue weighted by molar-refractivity contribution is 7.74. The van der Waals surface area contributed by atoms with E-state index in [0.29, 0.717) is 11.1 Å². The molecule has 0 aliphatic rings. The van der Waals surface area contributed by atoms with E-state index in [2.05, 4.69) is 21.2 Å². The Hall–Kier alpha value is -2.85. The molecule has 0 saturated heterocycles. The second kappa shape index (κ2) is 6.74. The lowest BCUT2D eigenvalue weighted by molar-refractivity contribution is 0.100. The Bertz CT molecular complexity index is 858. The highest BCUT2D eigenvalue weighted by Crippen LogP contribution is 2.12. The lowest BCUT2D eigenvalue weighted by atomic mass is 10.1. The molecule has 0 radical (unpaired) electrons. The number of phenols is 1. The van der Waals surface area contributed by atoms with Crippen LogP contribution in [-0.2, 0) is 14.8 Å². The number of hydrogen-bond donors (Lipinski definition) is 2. The van der Waals surface area contributed by atoms with Crippen LogP contribution in [0.25, 0.3) is 0 Å². The van der Waals surface area contributed by atoms with Crippen molar-refractivity contribution in [3.63, 3.8) is 0 Å². The van der Waals surface area contributed by atoms with Crippen LogP contribution in [0.15, 0.2) is 40.9 Å². The summed E-state index contributed by atoms with van der Waals surface area (Å²) in [4.78, 5) is 15.6. The number of carbonyl (C=O) groups excluding carboxylic acids is 1. The summed E-state index contributed by atoms with van der Waals surface area (Å²) in [5, 5.41) is 9.20. The number of nitrogen functional groups attached to an aromatic ring is 1. The second-order valence-corrected chi connectivity index (χ2v) is 5.30. The number of nitrogens with zero attached hydrogens (tertiary/aromatic N) is 2. The van der Waals surface area contributed by atoms with Gasteiger partial charge in [-0.2, -0.15) is 10.6 Å². The minimum absolute atomic E-state index is 0.147. The van der Waals surface area contributed by atoms with Gasteiger partial charge in [0.2, 0.25) is 0 Å². The molecule has 2 rings (SSSR count). The van der Waals surface area contributed by atoms with Gasteiger partial charge in [0.1, 0.15) is 11.6 Å². The zero-order valence-corrected chi connectivity index (χ0v) is 12.4. The highest BCUT2D eigenvalue weighted by atomic mass is 32.2. The molecule has 1 amide bonds. The molecule has 3 N–H and O–H groups in total. The van der Waals surface area contributed by atoms with Gasteiger partial charge in [-0.1, -0.05) is 11.8 Å². The summed E-state index contributed by atoms with van der Waals surface area (Å²) in [7, 11) is -1.59. The molecule has 7 heteroatoms. The molecule has 6 nitrogen and oxygen atoms in total. The normalized spacial score (nSPS) is 11.5. The Morgan fingerprint density at radius 3 is 2.64 bits per heavy atom. The van der Waals surface area contributed by atoms with E-state index in [1.807, 2.05) is 0 Å². The molecule has 0 saturated carbocycles. The van der Waals surface area contributed by atoms with Gasteiger partial charge in [-0.15, -0.1) is 6.26 Å². The number of aromatic hydroxyl groups is 1. The second-order valence-electron chi connectivity index (χ2n) is 4.27. The van der Waals surface area contributed by atoms with Crippen LogP contribution in [0.2, 0.25) is 0 Å². The van der Waals surface area contributed by atoms with E-state index in [0.717, 1.165) is 0 Å². The van der Waals surface area contributed by atoms with Crippen molar-refractivity contribution >= 4 is 22.3 Å². The molecule has 0 aliphatic carbocycles. The van der Waals surface area contributed by atoms with Crippen LogP contribution in [0.1, 0.15) is 21.5 Å². The van der Waals surface area contributed by atoms with Gasteiger partial charge in [0, 0.05) is 11.8 Å². The zero-order chi connectivity index (χ0) is 16.1. The molecule has 1 aromatic carbocycles. The molecular formula is C15H12N3O3S-. The van der Waals surface area contributed by atoms with E-state index >= 15 is 0 Å². The largest absolute Gasteiger partial charge is 0.508 e. The minimum Gasteiger partial charge on any atom is -0.508 e. The molecule has 112 valence electrons. The van der Waals surface area contributed by atoms with Gasteiger partial charge >= 0.3 is 0 Å². The fourth-order valence-electron chi connectivity index (χ4n) is 1.55. The van der Waals surface area contributed by atoms with Gasteiger partial charge in [-0.3, -0.25) is 4.79 Å².